The van der Waals surface area contributed by atoms with Gasteiger partial charge < -0.3 is 14.2 Å². The van der Waals surface area contributed by atoms with Crippen molar-refractivity contribution in [3.05, 3.63) is 42.2 Å². The number of nitrogens with zero attached hydrogens (tertiary/aromatic N) is 4. The summed E-state index contributed by atoms with van der Waals surface area (Å²) in [6.07, 6.45) is 5.99. The van der Waals surface area contributed by atoms with Gasteiger partial charge in [0.05, 0.1) is 24.8 Å². The molecule has 0 aliphatic carbocycles. The first kappa shape index (κ1) is 18.2. The summed E-state index contributed by atoms with van der Waals surface area (Å²) in [5, 5.41) is 0. The Morgan fingerprint density at radius 2 is 2.11 bits per heavy atom. The van der Waals surface area contributed by atoms with E-state index in [2.05, 4.69) is 16.8 Å². The molecule has 2 saturated heterocycles. The molecule has 144 valence electrons. The molecule has 1 aromatic heterocycles. The lowest BCUT2D eigenvalue weighted by Gasteiger charge is -2.48. The fourth-order valence-electron chi connectivity index (χ4n) is 4.36. The molecular formula is C21H28N4O2. The summed E-state index contributed by atoms with van der Waals surface area (Å²) in [6.45, 7) is 6.18. The second-order valence-corrected chi connectivity index (χ2v) is 7.53. The third kappa shape index (κ3) is 3.51. The van der Waals surface area contributed by atoms with Crippen molar-refractivity contribution in [1.29, 1.82) is 0 Å². The number of fused-ring (bicyclic) bond motifs is 1. The van der Waals surface area contributed by atoms with Gasteiger partial charge in [-0.1, -0.05) is 31.5 Å². The van der Waals surface area contributed by atoms with Gasteiger partial charge >= 0.3 is 0 Å². The Hall–Kier alpha value is -2.18. The molecule has 0 radical (unpaired) electrons. The number of imidazole rings is 1. The predicted octanol–water partition coefficient (Wildman–Crippen LogP) is 2.41. The zero-order valence-electron chi connectivity index (χ0n) is 16.2. The number of carbonyl (C=O) groups excluding carboxylic acids is 1. The molecule has 2 aliphatic rings. The summed E-state index contributed by atoms with van der Waals surface area (Å²) in [7, 11) is 1.95. The molecule has 0 spiro atoms. The third-order valence-electron chi connectivity index (χ3n) is 5.75. The van der Waals surface area contributed by atoms with Crippen molar-refractivity contribution in [3.8, 4) is 11.4 Å². The topological polar surface area (TPSA) is 50.6 Å². The van der Waals surface area contributed by atoms with Crippen LogP contribution < -0.4 is 0 Å². The number of hydrogen-bond donors (Lipinski definition) is 0. The highest BCUT2D eigenvalue weighted by molar-refractivity contribution is 6.00. The van der Waals surface area contributed by atoms with E-state index >= 15 is 0 Å². The lowest BCUT2D eigenvalue weighted by atomic mass is 10.0. The summed E-state index contributed by atoms with van der Waals surface area (Å²) in [5.74, 6) is 0.910. The van der Waals surface area contributed by atoms with Gasteiger partial charge in [-0.25, -0.2) is 4.98 Å². The first-order chi connectivity index (χ1) is 13.2. The Morgan fingerprint density at radius 1 is 1.26 bits per heavy atom. The zero-order valence-corrected chi connectivity index (χ0v) is 16.2. The van der Waals surface area contributed by atoms with Gasteiger partial charge in [0.15, 0.2) is 0 Å². The van der Waals surface area contributed by atoms with Gasteiger partial charge in [0.2, 0.25) is 0 Å². The third-order valence-corrected chi connectivity index (χ3v) is 5.75. The standard InChI is InChI=1S/C21H28N4O2/c1-3-6-16-14-27-15-17-13-24(11-12-25(16)17)21(26)19-8-5-4-7-18(19)20-22-9-10-23(20)2/h4-5,7-10,16-17H,3,6,11-15H2,1-2H3/t16-,17+/m0/s1. The Balaban J connectivity index is 1.54. The maximum atomic E-state index is 13.3. The van der Waals surface area contributed by atoms with E-state index in [-0.39, 0.29) is 5.91 Å². The average Bonchev–Trinajstić information content (AvgIpc) is 3.13. The van der Waals surface area contributed by atoms with Crippen LogP contribution in [0.1, 0.15) is 30.1 Å². The molecule has 2 aromatic rings. The molecule has 0 unspecified atom stereocenters. The number of carbonyl (C=O) groups is 1. The van der Waals surface area contributed by atoms with Gasteiger partial charge in [-0.3, -0.25) is 9.69 Å². The summed E-state index contributed by atoms with van der Waals surface area (Å²) >= 11 is 0. The van der Waals surface area contributed by atoms with Crippen LogP contribution in [0.3, 0.4) is 0 Å². The van der Waals surface area contributed by atoms with Gasteiger partial charge in [-0.05, 0) is 12.5 Å². The van der Waals surface area contributed by atoms with Crippen molar-refractivity contribution in [2.75, 3.05) is 32.8 Å². The van der Waals surface area contributed by atoms with Crippen LogP contribution in [0, 0.1) is 0 Å². The Labute approximate surface area is 160 Å². The highest BCUT2D eigenvalue weighted by Gasteiger charge is 2.37. The van der Waals surface area contributed by atoms with Crippen LogP contribution in [0.2, 0.25) is 0 Å². The fourth-order valence-corrected chi connectivity index (χ4v) is 4.36. The van der Waals surface area contributed by atoms with E-state index in [0.29, 0.717) is 18.7 Å². The molecule has 2 fully saturated rings. The molecule has 4 rings (SSSR count). The van der Waals surface area contributed by atoms with Gasteiger partial charge in [-0.15, -0.1) is 0 Å². The van der Waals surface area contributed by atoms with Crippen molar-refractivity contribution >= 4 is 5.91 Å². The van der Waals surface area contributed by atoms with Gasteiger partial charge in [0.25, 0.3) is 5.91 Å². The van der Waals surface area contributed by atoms with Crippen molar-refractivity contribution < 1.29 is 9.53 Å². The van der Waals surface area contributed by atoms with E-state index in [0.717, 1.165) is 56.0 Å². The van der Waals surface area contributed by atoms with Crippen LogP contribution >= 0.6 is 0 Å². The minimum atomic E-state index is 0.0888. The van der Waals surface area contributed by atoms with Gasteiger partial charge in [0.1, 0.15) is 5.82 Å². The molecule has 6 nitrogen and oxygen atoms in total. The van der Waals surface area contributed by atoms with E-state index in [1.54, 1.807) is 6.20 Å². The summed E-state index contributed by atoms with van der Waals surface area (Å²) < 4.78 is 7.80. The molecule has 2 atom stereocenters. The average molecular weight is 368 g/mol. The smallest absolute Gasteiger partial charge is 0.254 e. The summed E-state index contributed by atoms with van der Waals surface area (Å²) in [6, 6.07) is 8.57. The van der Waals surface area contributed by atoms with Crippen LogP contribution in [0.25, 0.3) is 11.4 Å². The van der Waals surface area contributed by atoms with Crippen molar-refractivity contribution in [3.63, 3.8) is 0 Å². The van der Waals surface area contributed by atoms with E-state index in [4.69, 9.17) is 4.74 Å². The molecule has 2 aliphatic heterocycles. The van der Waals surface area contributed by atoms with Gasteiger partial charge in [-0.2, -0.15) is 0 Å². The second-order valence-electron chi connectivity index (χ2n) is 7.53. The number of rotatable bonds is 4. The Kier molecular flexibility index (Phi) is 5.27. The lowest BCUT2D eigenvalue weighted by Crippen LogP contribution is -2.62. The fraction of sp³-hybridized carbons (Fsp3) is 0.524. The van der Waals surface area contributed by atoms with Crippen LogP contribution in [-0.4, -0.2) is 70.2 Å². The van der Waals surface area contributed by atoms with Crippen LogP contribution in [-0.2, 0) is 11.8 Å². The highest BCUT2D eigenvalue weighted by atomic mass is 16.5. The van der Waals surface area contributed by atoms with Crippen molar-refractivity contribution in [2.24, 2.45) is 7.05 Å². The summed E-state index contributed by atoms with van der Waals surface area (Å²) in [5.41, 5.74) is 1.61. The molecule has 0 saturated carbocycles. The number of morpholine rings is 1. The lowest BCUT2D eigenvalue weighted by molar-refractivity contribution is -0.0776. The SMILES string of the molecule is CCC[C@H]1COC[C@H]2CN(C(=O)c3ccccc3-c3nccn3C)CCN12. The highest BCUT2D eigenvalue weighted by Crippen LogP contribution is 2.26. The Morgan fingerprint density at radius 3 is 2.89 bits per heavy atom. The number of aromatic nitrogens is 2. The Bertz CT molecular complexity index is 801. The minimum absolute atomic E-state index is 0.0888. The number of piperazine rings is 1. The maximum absolute atomic E-state index is 13.3. The van der Waals surface area contributed by atoms with Gasteiger partial charge in [0, 0.05) is 50.7 Å². The molecule has 1 aromatic carbocycles. The number of hydrogen-bond acceptors (Lipinski definition) is 4. The zero-order chi connectivity index (χ0) is 18.8. The second kappa shape index (κ2) is 7.82. The molecular weight excluding hydrogens is 340 g/mol. The number of aryl methyl sites for hydroxylation is 1. The van der Waals surface area contributed by atoms with E-state index in [9.17, 15) is 4.79 Å². The first-order valence-electron chi connectivity index (χ1n) is 9.88. The number of ether oxygens (including phenoxy) is 1. The van der Waals surface area contributed by atoms with Crippen LogP contribution in [0.5, 0.6) is 0 Å². The number of amides is 1. The van der Waals surface area contributed by atoms with Crippen molar-refractivity contribution in [2.45, 2.75) is 31.8 Å². The predicted molar refractivity (Wildman–Crippen MR) is 105 cm³/mol. The molecule has 0 bridgehead atoms. The summed E-state index contributed by atoms with van der Waals surface area (Å²) in [4.78, 5) is 22.3. The normalized spacial score (nSPS) is 23.3. The minimum Gasteiger partial charge on any atom is -0.378 e. The quantitative estimate of drug-likeness (QED) is 0.832. The molecule has 27 heavy (non-hydrogen) atoms. The van der Waals surface area contributed by atoms with E-state index < -0.39 is 0 Å². The number of benzene rings is 1. The van der Waals surface area contributed by atoms with E-state index in [1.165, 1.54) is 0 Å². The molecule has 3 heterocycles. The first-order valence-corrected chi connectivity index (χ1v) is 9.88. The molecule has 1 amide bonds. The van der Waals surface area contributed by atoms with Crippen LogP contribution in [0.15, 0.2) is 36.7 Å². The molecule has 6 heteroatoms. The van der Waals surface area contributed by atoms with E-state index in [1.807, 2.05) is 47.0 Å². The van der Waals surface area contributed by atoms with Crippen LogP contribution in [0.4, 0.5) is 0 Å². The monoisotopic (exact) mass is 368 g/mol. The molecule has 0 N–H and O–H groups in total. The largest absolute Gasteiger partial charge is 0.378 e. The van der Waals surface area contributed by atoms with Crippen molar-refractivity contribution in [1.82, 2.24) is 19.4 Å². The maximum Gasteiger partial charge on any atom is 0.254 e.